The molecule has 0 saturated carbocycles. The third-order valence-corrected chi connectivity index (χ3v) is 3.05. The molecule has 5 nitrogen and oxygen atoms in total. The molecule has 0 aliphatic rings. The second kappa shape index (κ2) is 7.67. The lowest BCUT2D eigenvalue weighted by molar-refractivity contribution is -0.119. The van der Waals surface area contributed by atoms with E-state index in [1.54, 1.807) is 0 Å². The van der Waals surface area contributed by atoms with Crippen molar-refractivity contribution in [2.45, 2.75) is 34.6 Å². The molecule has 0 saturated heterocycles. The summed E-state index contributed by atoms with van der Waals surface area (Å²) in [6.45, 7) is 10.8. The largest absolute Gasteiger partial charge is 0.494 e. The quantitative estimate of drug-likeness (QED) is 0.625. The third-order valence-electron chi connectivity index (χ3n) is 3.05. The zero-order valence-corrected chi connectivity index (χ0v) is 13.5. The summed E-state index contributed by atoms with van der Waals surface area (Å²) in [5, 5.41) is 7.14. The first-order chi connectivity index (χ1) is 9.82. The van der Waals surface area contributed by atoms with Gasteiger partial charge in [-0.05, 0) is 38.1 Å². The van der Waals surface area contributed by atoms with Crippen LogP contribution < -0.4 is 15.5 Å². The summed E-state index contributed by atoms with van der Waals surface area (Å²) >= 11 is 0. The van der Waals surface area contributed by atoms with Crippen molar-refractivity contribution in [3.05, 3.63) is 24.3 Å². The fourth-order valence-corrected chi connectivity index (χ4v) is 1.37. The van der Waals surface area contributed by atoms with Gasteiger partial charge in [-0.25, -0.2) is 5.43 Å². The summed E-state index contributed by atoms with van der Waals surface area (Å²) in [5.41, 5.74) is 4.26. The molecule has 0 radical (unpaired) electrons. The fourth-order valence-electron chi connectivity index (χ4n) is 1.37. The molecule has 1 aromatic carbocycles. The molecular formula is C16H25N3O2. The van der Waals surface area contributed by atoms with Crippen molar-refractivity contribution in [1.82, 2.24) is 5.43 Å². The topological polar surface area (TPSA) is 62.7 Å². The molecule has 21 heavy (non-hydrogen) atoms. The second-order valence-corrected chi connectivity index (χ2v) is 5.79. The number of hydrogen-bond donors (Lipinski definition) is 2. The summed E-state index contributed by atoms with van der Waals surface area (Å²) in [6.07, 6.45) is 0. The number of hydrazone groups is 1. The maximum Gasteiger partial charge on any atom is 0.259 e. The van der Waals surface area contributed by atoms with Gasteiger partial charge in [0.15, 0.2) is 0 Å². The Morgan fingerprint density at radius 3 is 2.38 bits per heavy atom. The van der Waals surface area contributed by atoms with Crippen molar-refractivity contribution in [1.29, 1.82) is 0 Å². The molecule has 0 atom stereocenters. The van der Waals surface area contributed by atoms with Crippen LogP contribution >= 0.6 is 0 Å². The van der Waals surface area contributed by atoms with Gasteiger partial charge < -0.3 is 10.1 Å². The van der Waals surface area contributed by atoms with Gasteiger partial charge in [-0.15, -0.1) is 0 Å². The van der Waals surface area contributed by atoms with Gasteiger partial charge in [0.05, 0.1) is 13.2 Å². The number of carbonyl (C=O) groups excluding carboxylic acids is 1. The van der Waals surface area contributed by atoms with Crippen LogP contribution in [0.2, 0.25) is 0 Å². The lowest BCUT2D eigenvalue weighted by Crippen LogP contribution is -2.29. The van der Waals surface area contributed by atoms with Crippen molar-refractivity contribution in [2.24, 2.45) is 10.5 Å². The van der Waals surface area contributed by atoms with E-state index in [1.807, 2.05) is 38.1 Å². The molecule has 1 amide bonds. The average Bonchev–Trinajstić information content (AvgIpc) is 2.43. The van der Waals surface area contributed by atoms with Crippen LogP contribution in [-0.2, 0) is 4.79 Å². The Bertz CT molecular complexity index is 487. The molecule has 116 valence electrons. The van der Waals surface area contributed by atoms with Gasteiger partial charge in [0.2, 0.25) is 0 Å². The smallest absolute Gasteiger partial charge is 0.259 e. The predicted molar refractivity (Wildman–Crippen MR) is 86.8 cm³/mol. The molecule has 0 heterocycles. The number of hydrogen-bond acceptors (Lipinski definition) is 4. The number of nitrogens with one attached hydrogen (secondary N) is 2. The summed E-state index contributed by atoms with van der Waals surface area (Å²) in [4.78, 5) is 11.7. The molecule has 0 unspecified atom stereocenters. The summed E-state index contributed by atoms with van der Waals surface area (Å²) in [6, 6.07) is 7.49. The van der Waals surface area contributed by atoms with E-state index in [-0.39, 0.29) is 17.9 Å². The summed E-state index contributed by atoms with van der Waals surface area (Å²) in [5.74, 6) is 0.644. The van der Waals surface area contributed by atoms with Crippen LogP contribution in [0.1, 0.15) is 34.6 Å². The van der Waals surface area contributed by atoms with E-state index in [0.29, 0.717) is 6.61 Å². The van der Waals surface area contributed by atoms with Gasteiger partial charge in [-0.1, -0.05) is 20.8 Å². The van der Waals surface area contributed by atoms with Gasteiger partial charge in [0, 0.05) is 16.8 Å². The average molecular weight is 291 g/mol. The highest BCUT2D eigenvalue weighted by molar-refractivity contribution is 5.89. The number of ether oxygens (including phenoxy) is 1. The number of carbonyl (C=O) groups is 1. The first-order valence-electron chi connectivity index (χ1n) is 7.13. The number of rotatable bonds is 6. The lowest BCUT2D eigenvalue weighted by atomic mass is 9.91. The van der Waals surface area contributed by atoms with E-state index in [9.17, 15) is 4.79 Å². The summed E-state index contributed by atoms with van der Waals surface area (Å²) in [7, 11) is 0. The van der Waals surface area contributed by atoms with Crippen molar-refractivity contribution < 1.29 is 9.53 Å². The number of amides is 1. The number of anilines is 1. The Labute approximate surface area is 126 Å². The van der Waals surface area contributed by atoms with E-state index in [1.165, 1.54) is 0 Å². The first kappa shape index (κ1) is 17.0. The maximum absolute atomic E-state index is 11.7. The van der Waals surface area contributed by atoms with Crippen LogP contribution in [0.5, 0.6) is 5.75 Å². The predicted octanol–water partition coefficient (Wildman–Crippen LogP) is 3.04. The Kier molecular flexibility index (Phi) is 6.21. The molecule has 2 N–H and O–H groups in total. The molecule has 0 aliphatic carbocycles. The van der Waals surface area contributed by atoms with Crippen molar-refractivity contribution in [2.75, 3.05) is 18.5 Å². The van der Waals surface area contributed by atoms with E-state index < -0.39 is 0 Å². The molecule has 5 heteroatoms. The van der Waals surface area contributed by atoms with Crippen LogP contribution in [0.25, 0.3) is 0 Å². The van der Waals surface area contributed by atoms with Crippen LogP contribution in [0, 0.1) is 5.41 Å². The molecule has 0 aromatic heterocycles. The minimum absolute atomic E-state index is 0.0458. The fraction of sp³-hybridized carbons (Fsp3) is 0.500. The zero-order valence-electron chi connectivity index (χ0n) is 13.5. The van der Waals surface area contributed by atoms with Crippen molar-refractivity contribution in [3.63, 3.8) is 0 Å². The lowest BCUT2D eigenvalue weighted by Gasteiger charge is -2.17. The summed E-state index contributed by atoms with van der Waals surface area (Å²) < 4.78 is 5.36. The Morgan fingerprint density at radius 2 is 1.86 bits per heavy atom. The van der Waals surface area contributed by atoms with E-state index in [2.05, 4.69) is 36.6 Å². The molecule has 0 aliphatic heterocycles. The normalized spacial score (nSPS) is 12.0. The molecular weight excluding hydrogens is 266 g/mol. The molecule has 1 aromatic rings. The highest BCUT2D eigenvalue weighted by atomic mass is 16.5. The number of nitrogens with zero attached hydrogens (tertiary/aromatic N) is 1. The van der Waals surface area contributed by atoms with E-state index in [4.69, 9.17) is 4.74 Å². The van der Waals surface area contributed by atoms with Crippen LogP contribution in [0.15, 0.2) is 29.4 Å². The zero-order chi connectivity index (χ0) is 15.9. The van der Waals surface area contributed by atoms with Crippen LogP contribution in [0.3, 0.4) is 0 Å². The monoisotopic (exact) mass is 291 g/mol. The minimum atomic E-state index is -0.174. The van der Waals surface area contributed by atoms with Crippen molar-refractivity contribution >= 4 is 17.3 Å². The van der Waals surface area contributed by atoms with E-state index >= 15 is 0 Å². The molecule has 0 fully saturated rings. The third kappa shape index (κ3) is 6.29. The highest BCUT2D eigenvalue weighted by Gasteiger charge is 2.14. The van der Waals surface area contributed by atoms with E-state index in [0.717, 1.165) is 17.1 Å². The molecule has 0 spiro atoms. The Balaban J connectivity index is 2.43. The first-order valence-corrected chi connectivity index (χ1v) is 7.13. The molecule has 1 rings (SSSR count). The van der Waals surface area contributed by atoms with Gasteiger partial charge in [-0.3, -0.25) is 4.79 Å². The Morgan fingerprint density at radius 1 is 1.24 bits per heavy atom. The van der Waals surface area contributed by atoms with Gasteiger partial charge >= 0.3 is 0 Å². The SMILES string of the molecule is CCOc1ccc(NCC(=O)N/N=C(\C)C(C)(C)C)cc1. The Hall–Kier alpha value is -2.04. The van der Waals surface area contributed by atoms with Gasteiger partial charge in [0.25, 0.3) is 5.91 Å². The number of benzene rings is 1. The van der Waals surface area contributed by atoms with Gasteiger partial charge in [0.1, 0.15) is 5.75 Å². The van der Waals surface area contributed by atoms with Crippen molar-refractivity contribution in [3.8, 4) is 5.75 Å². The molecule has 0 bridgehead atoms. The standard InChI is InChI=1S/C16H25N3O2/c1-6-21-14-9-7-13(8-10-14)17-11-15(20)19-18-12(2)16(3,4)5/h7-10,17H,6,11H2,1-5H3,(H,19,20)/b18-12+. The highest BCUT2D eigenvalue weighted by Crippen LogP contribution is 2.16. The maximum atomic E-state index is 11.7. The van der Waals surface area contributed by atoms with Gasteiger partial charge in [-0.2, -0.15) is 5.10 Å². The van der Waals surface area contributed by atoms with Crippen LogP contribution in [-0.4, -0.2) is 24.8 Å². The van der Waals surface area contributed by atoms with Crippen LogP contribution in [0.4, 0.5) is 5.69 Å². The minimum Gasteiger partial charge on any atom is -0.494 e. The second-order valence-electron chi connectivity index (χ2n) is 5.79.